The van der Waals surface area contributed by atoms with Gasteiger partial charge in [-0.05, 0) is 28.5 Å². The van der Waals surface area contributed by atoms with Gasteiger partial charge in [-0.1, -0.05) is 65.7 Å². The molecule has 0 aliphatic rings. The van der Waals surface area contributed by atoms with Crippen LogP contribution in [0.15, 0.2) is 59.5 Å². The van der Waals surface area contributed by atoms with Gasteiger partial charge in [-0.15, -0.1) is 0 Å². The molecule has 0 saturated heterocycles. The molecule has 0 atom stereocenters. The number of fused-ring (bicyclic) bond motifs is 1. The van der Waals surface area contributed by atoms with E-state index in [1.165, 1.54) is 19.2 Å². The van der Waals surface area contributed by atoms with E-state index in [0.29, 0.717) is 5.75 Å². The lowest BCUT2D eigenvalue weighted by molar-refractivity contribution is 0.414. The monoisotopic (exact) mass is 395 g/mol. The van der Waals surface area contributed by atoms with Crippen molar-refractivity contribution in [3.63, 3.8) is 0 Å². The van der Waals surface area contributed by atoms with Crippen LogP contribution < -0.4 is 9.46 Å². The third-order valence-electron chi connectivity index (χ3n) is 3.85. The fourth-order valence-corrected chi connectivity index (χ4v) is 4.42. The van der Waals surface area contributed by atoms with E-state index in [4.69, 9.17) is 27.9 Å². The highest BCUT2D eigenvalue weighted by Gasteiger charge is 2.21. The van der Waals surface area contributed by atoms with Crippen LogP contribution in [-0.2, 0) is 16.6 Å². The van der Waals surface area contributed by atoms with Gasteiger partial charge >= 0.3 is 0 Å². The number of ether oxygens (including phenoxy) is 1. The smallest absolute Gasteiger partial charge is 0.242 e. The highest BCUT2D eigenvalue weighted by molar-refractivity contribution is 7.89. The molecule has 0 bridgehead atoms. The molecule has 4 nitrogen and oxygen atoms in total. The normalized spacial score (nSPS) is 11.6. The predicted molar refractivity (Wildman–Crippen MR) is 101 cm³/mol. The van der Waals surface area contributed by atoms with Crippen molar-refractivity contribution in [1.82, 2.24) is 4.72 Å². The van der Waals surface area contributed by atoms with E-state index >= 15 is 0 Å². The number of benzene rings is 3. The molecule has 3 rings (SSSR count). The summed E-state index contributed by atoms with van der Waals surface area (Å²) in [5, 5.41) is 2.04. The third kappa shape index (κ3) is 3.60. The van der Waals surface area contributed by atoms with E-state index in [1.807, 2.05) is 42.5 Å². The molecule has 0 unspecified atom stereocenters. The number of rotatable bonds is 5. The van der Waals surface area contributed by atoms with Crippen molar-refractivity contribution < 1.29 is 13.2 Å². The molecule has 1 N–H and O–H groups in total. The second kappa shape index (κ2) is 7.22. The minimum atomic E-state index is -3.83. The molecule has 3 aromatic carbocycles. The molecule has 7 heteroatoms. The molecule has 0 spiro atoms. The number of hydrogen-bond acceptors (Lipinski definition) is 3. The average Bonchev–Trinajstić information content (AvgIpc) is 2.62. The molecule has 0 aromatic heterocycles. The van der Waals surface area contributed by atoms with E-state index < -0.39 is 10.0 Å². The lowest BCUT2D eigenvalue weighted by atomic mass is 10.1. The molecule has 0 fully saturated rings. The Morgan fingerprint density at radius 2 is 1.68 bits per heavy atom. The van der Waals surface area contributed by atoms with E-state index in [2.05, 4.69) is 4.72 Å². The fourth-order valence-electron chi connectivity index (χ4n) is 2.58. The summed E-state index contributed by atoms with van der Waals surface area (Å²) in [6, 6.07) is 16.4. The second-order valence-electron chi connectivity index (χ2n) is 5.36. The van der Waals surface area contributed by atoms with Gasteiger partial charge in [0.25, 0.3) is 0 Å². The first-order valence-electron chi connectivity index (χ1n) is 7.42. The average molecular weight is 396 g/mol. The maximum atomic E-state index is 12.6. The van der Waals surface area contributed by atoms with Crippen LogP contribution >= 0.6 is 23.2 Å². The van der Waals surface area contributed by atoms with Gasteiger partial charge in [-0.2, -0.15) is 0 Å². The zero-order chi connectivity index (χ0) is 18.0. The lowest BCUT2D eigenvalue weighted by Crippen LogP contribution is -2.23. The topological polar surface area (TPSA) is 55.4 Å². The Balaban J connectivity index is 1.91. The van der Waals surface area contributed by atoms with Gasteiger partial charge < -0.3 is 4.74 Å². The Morgan fingerprint density at radius 1 is 0.960 bits per heavy atom. The van der Waals surface area contributed by atoms with Crippen LogP contribution in [-0.4, -0.2) is 15.5 Å². The molecule has 25 heavy (non-hydrogen) atoms. The van der Waals surface area contributed by atoms with Gasteiger partial charge in [-0.3, -0.25) is 0 Å². The number of methoxy groups -OCH3 is 1. The minimum absolute atomic E-state index is 0.0635. The number of halogens is 2. The molecule has 0 aliphatic carbocycles. The number of hydrogen-bond donors (Lipinski definition) is 1. The molecule has 0 amide bonds. The largest absolute Gasteiger partial charge is 0.495 e. The molecule has 0 radical (unpaired) electrons. The van der Waals surface area contributed by atoms with Gasteiger partial charge in [0.15, 0.2) is 0 Å². The number of sulfonamides is 1. The van der Waals surface area contributed by atoms with Crippen molar-refractivity contribution in [3.05, 3.63) is 70.2 Å². The maximum absolute atomic E-state index is 12.6. The van der Waals surface area contributed by atoms with Crippen molar-refractivity contribution in [2.45, 2.75) is 11.4 Å². The predicted octanol–water partition coefficient (Wildman–Crippen LogP) is 4.63. The van der Waals surface area contributed by atoms with Crippen molar-refractivity contribution >= 4 is 44.0 Å². The Labute approximate surface area is 156 Å². The van der Waals surface area contributed by atoms with E-state index in [1.54, 1.807) is 0 Å². The van der Waals surface area contributed by atoms with Gasteiger partial charge in [-0.25, -0.2) is 13.1 Å². The van der Waals surface area contributed by atoms with E-state index in [0.717, 1.165) is 16.3 Å². The second-order valence-corrected chi connectivity index (χ2v) is 7.85. The van der Waals surface area contributed by atoms with Crippen molar-refractivity contribution in [1.29, 1.82) is 0 Å². The third-order valence-corrected chi connectivity index (χ3v) is 6.27. The summed E-state index contributed by atoms with van der Waals surface area (Å²) in [5.74, 6) is 0.319. The molecule has 0 aliphatic heterocycles. The molecule has 130 valence electrons. The first-order valence-corrected chi connectivity index (χ1v) is 9.66. The van der Waals surface area contributed by atoms with Crippen molar-refractivity contribution in [3.8, 4) is 5.75 Å². The van der Waals surface area contributed by atoms with Crippen LogP contribution in [0, 0.1) is 0 Å². The molecular formula is C18H15Cl2NO3S. The molecular weight excluding hydrogens is 381 g/mol. The van der Waals surface area contributed by atoms with Crippen LogP contribution in [0.3, 0.4) is 0 Å². The lowest BCUT2D eigenvalue weighted by Gasteiger charge is -2.12. The van der Waals surface area contributed by atoms with Crippen LogP contribution in [0.2, 0.25) is 10.0 Å². The first kappa shape index (κ1) is 18.0. The van der Waals surface area contributed by atoms with Gasteiger partial charge in [0.1, 0.15) is 15.7 Å². The Hall–Kier alpha value is -1.79. The zero-order valence-electron chi connectivity index (χ0n) is 13.3. The first-order chi connectivity index (χ1) is 11.9. The van der Waals surface area contributed by atoms with Gasteiger partial charge in [0, 0.05) is 6.54 Å². The van der Waals surface area contributed by atoms with Crippen molar-refractivity contribution in [2.75, 3.05) is 7.11 Å². The van der Waals surface area contributed by atoms with Crippen LogP contribution in [0.1, 0.15) is 5.56 Å². The Morgan fingerprint density at radius 3 is 2.44 bits per heavy atom. The molecule has 0 heterocycles. The summed E-state index contributed by atoms with van der Waals surface area (Å²) in [4.78, 5) is -0.0831. The van der Waals surface area contributed by atoms with Crippen LogP contribution in [0.5, 0.6) is 5.75 Å². The van der Waals surface area contributed by atoms with Crippen molar-refractivity contribution in [2.24, 2.45) is 0 Å². The molecule has 3 aromatic rings. The summed E-state index contributed by atoms with van der Waals surface area (Å²) in [7, 11) is -2.39. The summed E-state index contributed by atoms with van der Waals surface area (Å²) >= 11 is 12.2. The van der Waals surface area contributed by atoms with Gasteiger partial charge in [0.2, 0.25) is 10.0 Å². The standard InChI is InChI=1S/C18H15Cl2NO3S/c1-24-15-9-10-16(18(20)17(15)19)25(22,23)21-11-13-7-4-6-12-5-2-3-8-14(12)13/h2-10,21H,11H2,1H3. The number of nitrogens with one attached hydrogen (secondary N) is 1. The SMILES string of the molecule is COc1ccc(S(=O)(=O)NCc2cccc3ccccc23)c(Cl)c1Cl. The highest BCUT2D eigenvalue weighted by Crippen LogP contribution is 2.36. The summed E-state index contributed by atoms with van der Waals surface area (Å²) in [6.07, 6.45) is 0. The summed E-state index contributed by atoms with van der Waals surface area (Å²) in [6.45, 7) is 0.143. The quantitative estimate of drug-likeness (QED) is 0.684. The summed E-state index contributed by atoms with van der Waals surface area (Å²) in [5.41, 5.74) is 0.873. The van der Waals surface area contributed by atoms with E-state index in [9.17, 15) is 8.42 Å². The Kier molecular flexibility index (Phi) is 5.20. The molecule has 0 saturated carbocycles. The zero-order valence-corrected chi connectivity index (χ0v) is 15.6. The maximum Gasteiger partial charge on any atom is 0.242 e. The van der Waals surface area contributed by atoms with Crippen LogP contribution in [0.25, 0.3) is 10.8 Å². The fraction of sp³-hybridized carbons (Fsp3) is 0.111. The summed E-state index contributed by atoms with van der Waals surface area (Å²) < 4.78 is 32.9. The Bertz CT molecular complexity index is 1030. The minimum Gasteiger partial charge on any atom is -0.495 e. The van der Waals surface area contributed by atoms with Gasteiger partial charge in [0.05, 0.1) is 12.1 Å². The van der Waals surface area contributed by atoms with Crippen LogP contribution in [0.4, 0.5) is 0 Å². The van der Waals surface area contributed by atoms with E-state index in [-0.39, 0.29) is 21.5 Å². The highest BCUT2D eigenvalue weighted by atomic mass is 35.5.